The second-order valence-corrected chi connectivity index (χ2v) is 11.0. The fourth-order valence-corrected chi connectivity index (χ4v) is 6.20. The quantitative estimate of drug-likeness (QED) is 0.375. The minimum Gasteiger partial charge on any atom is -0.385 e. The monoisotopic (exact) mass is 527 g/mol. The molecule has 2 aromatic carbocycles. The molecule has 206 valence electrons. The number of piperidine rings is 1. The average Bonchev–Trinajstić information content (AvgIpc) is 3.33. The number of likely N-dealkylation sites (tertiary alicyclic amines) is 1. The molecule has 1 saturated heterocycles. The van der Waals surface area contributed by atoms with Gasteiger partial charge >= 0.3 is 0 Å². The first-order valence-corrected chi connectivity index (χ1v) is 14.2. The first-order chi connectivity index (χ1) is 19.0. The smallest absolute Gasteiger partial charge is 0.224 e. The molecule has 3 aromatic rings. The molecule has 0 radical (unpaired) electrons. The largest absolute Gasteiger partial charge is 0.385 e. The van der Waals surface area contributed by atoms with Gasteiger partial charge in [0.1, 0.15) is 5.82 Å². The van der Waals surface area contributed by atoms with Crippen LogP contribution >= 0.6 is 0 Å². The zero-order chi connectivity index (χ0) is 27.2. The minimum atomic E-state index is -0.209. The second kappa shape index (κ2) is 12.7. The number of amides is 1. The van der Waals surface area contributed by atoms with E-state index >= 15 is 0 Å². The van der Waals surface area contributed by atoms with Crippen LogP contribution in [0.4, 0.5) is 5.82 Å². The lowest BCUT2D eigenvalue weighted by atomic mass is 9.97. The summed E-state index contributed by atoms with van der Waals surface area (Å²) in [5.74, 6) is 0.683. The van der Waals surface area contributed by atoms with E-state index in [1.807, 2.05) is 6.07 Å². The average molecular weight is 528 g/mol. The summed E-state index contributed by atoms with van der Waals surface area (Å²) in [6.07, 6.45) is 7.09. The molecule has 7 heteroatoms. The third-order valence-corrected chi connectivity index (χ3v) is 8.22. The van der Waals surface area contributed by atoms with E-state index in [2.05, 4.69) is 63.3 Å². The molecule has 1 unspecified atom stereocenters. The number of rotatable bonds is 10. The molecule has 3 heterocycles. The highest BCUT2D eigenvalue weighted by Crippen LogP contribution is 2.39. The van der Waals surface area contributed by atoms with E-state index < -0.39 is 0 Å². The molecule has 0 saturated carbocycles. The van der Waals surface area contributed by atoms with Crippen LogP contribution in [0.25, 0.3) is 11.1 Å². The van der Waals surface area contributed by atoms with E-state index in [4.69, 9.17) is 16.2 Å². The zero-order valence-electron chi connectivity index (χ0n) is 23.0. The van der Waals surface area contributed by atoms with Crippen molar-refractivity contribution in [2.75, 3.05) is 32.5 Å². The highest BCUT2D eigenvalue weighted by atomic mass is 16.5. The second-order valence-electron chi connectivity index (χ2n) is 11.0. The number of nitrogens with zero attached hydrogens (tertiary/aromatic N) is 3. The van der Waals surface area contributed by atoms with Crippen molar-refractivity contribution in [3.05, 3.63) is 83.6 Å². The van der Waals surface area contributed by atoms with Crippen LogP contribution < -0.4 is 11.5 Å². The first kappa shape index (κ1) is 27.3. The van der Waals surface area contributed by atoms with Gasteiger partial charge in [0.25, 0.3) is 0 Å². The van der Waals surface area contributed by atoms with Gasteiger partial charge in [0.05, 0.1) is 0 Å². The Bertz CT molecular complexity index is 1230. The molecule has 2 aliphatic heterocycles. The molecule has 5 rings (SSSR count). The number of carbonyl (C=O) groups is 1. The predicted molar refractivity (Wildman–Crippen MR) is 156 cm³/mol. The number of nitrogen functional groups attached to an aromatic ring is 1. The Morgan fingerprint density at radius 2 is 1.90 bits per heavy atom. The fraction of sp³-hybridized carbons (Fsp3) is 0.438. The van der Waals surface area contributed by atoms with Gasteiger partial charge in [-0.15, -0.1) is 0 Å². The van der Waals surface area contributed by atoms with Gasteiger partial charge in [-0.25, -0.2) is 4.98 Å². The Kier molecular flexibility index (Phi) is 8.91. The fourth-order valence-electron chi connectivity index (χ4n) is 6.20. The van der Waals surface area contributed by atoms with Gasteiger partial charge in [0.15, 0.2) is 0 Å². The zero-order valence-corrected chi connectivity index (χ0v) is 23.0. The highest BCUT2D eigenvalue weighted by molar-refractivity contribution is 5.77. The van der Waals surface area contributed by atoms with Crippen LogP contribution in [0.1, 0.15) is 54.8 Å². The highest BCUT2D eigenvalue weighted by Gasteiger charge is 2.37. The molecule has 2 aliphatic rings. The number of pyridine rings is 1. The lowest BCUT2D eigenvalue weighted by molar-refractivity contribution is -0.134. The SMILES string of the molecule is COCCCC1c2ccccc2CN1[C@@H]1CCCN(C(=O)C[C@H](N)Cc2ccc(-c3ccc(N)nc3)cc2)C1. The Morgan fingerprint density at radius 1 is 1.10 bits per heavy atom. The third-order valence-electron chi connectivity index (χ3n) is 8.22. The van der Waals surface area contributed by atoms with E-state index in [0.717, 1.165) is 68.6 Å². The first-order valence-electron chi connectivity index (χ1n) is 14.2. The molecule has 0 aliphatic carbocycles. The molecule has 0 bridgehead atoms. The number of carbonyl (C=O) groups excluding carboxylic acids is 1. The molecule has 7 nitrogen and oxygen atoms in total. The van der Waals surface area contributed by atoms with E-state index in [-0.39, 0.29) is 11.9 Å². The van der Waals surface area contributed by atoms with Gasteiger partial charge in [-0.1, -0.05) is 48.5 Å². The lowest BCUT2D eigenvalue weighted by Crippen LogP contribution is -2.50. The molecule has 1 fully saturated rings. The maximum absolute atomic E-state index is 13.3. The van der Waals surface area contributed by atoms with Crippen molar-refractivity contribution in [1.29, 1.82) is 0 Å². The minimum absolute atomic E-state index is 0.171. The Labute approximate surface area is 232 Å². The standard InChI is InChI=1S/C32H41N5O2/c1-39-17-5-9-30-29-8-3-2-6-26(29)21-37(30)28-7-4-16-36(22-28)32(38)19-27(33)18-23-10-12-24(13-11-23)25-14-15-31(34)35-20-25/h2-3,6,8,10-15,20,27-28,30H,4-5,7,9,16-19,21-22,33H2,1H3,(H2,34,35)/t27-,28-,30?/m1/s1. The van der Waals surface area contributed by atoms with Gasteiger partial charge in [-0.3, -0.25) is 9.69 Å². The van der Waals surface area contributed by atoms with Crippen LogP contribution in [0.15, 0.2) is 66.9 Å². The van der Waals surface area contributed by atoms with Crippen molar-refractivity contribution < 1.29 is 9.53 Å². The van der Waals surface area contributed by atoms with Crippen LogP contribution in [-0.4, -0.2) is 59.6 Å². The van der Waals surface area contributed by atoms with Crippen molar-refractivity contribution in [2.24, 2.45) is 5.73 Å². The van der Waals surface area contributed by atoms with Crippen molar-refractivity contribution in [3.8, 4) is 11.1 Å². The van der Waals surface area contributed by atoms with Crippen LogP contribution in [0.5, 0.6) is 0 Å². The number of ether oxygens (including phenoxy) is 1. The molecule has 1 aromatic heterocycles. The lowest BCUT2D eigenvalue weighted by Gasteiger charge is -2.40. The van der Waals surface area contributed by atoms with E-state index in [9.17, 15) is 4.79 Å². The number of fused-ring (bicyclic) bond motifs is 1. The summed E-state index contributed by atoms with van der Waals surface area (Å²) in [6.45, 7) is 3.34. The van der Waals surface area contributed by atoms with Crippen LogP contribution in [0.2, 0.25) is 0 Å². The molecule has 39 heavy (non-hydrogen) atoms. The number of nitrogens with two attached hydrogens (primary N) is 2. The van der Waals surface area contributed by atoms with Gasteiger partial charge in [-0.2, -0.15) is 0 Å². The van der Waals surface area contributed by atoms with Gasteiger partial charge in [-0.05, 0) is 66.5 Å². The van der Waals surface area contributed by atoms with Crippen LogP contribution in [-0.2, 0) is 22.5 Å². The molecule has 1 amide bonds. The number of aromatic nitrogens is 1. The topological polar surface area (TPSA) is 97.7 Å². The van der Waals surface area contributed by atoms with Gasteiger partial charge in [0, 0.05) is 69.7 Å². The van der Waals surface area contributed by atoms with E-state index in [1.54, 1.807) is 19.4 Å². The molecule has 3 atom stereocenters. The van der Waals surface area contributed by atoms with Crippen LogP contribution in [0, 0.1) is 0 Å². The molecular formula is C32H41N5O2. The van der Waals surface area contributed by atoms with Crippen molar-refractivity contribution in [3.63, 3.8) is 0 Å². The Morgan fingerprint density at radius 3 is 2.67 bits per heavy atom. The van der Waals surface area contributed by atoms with E-state index in [1.165, 1.54) is 11.1 Å². The molecule has 4 N–H and O–H groups in total. The summed E-state index contributed by atoms with van der Waals surface area (Å²) in [5, 5.41) is 0. The summed E-state index contributed by atoms with van der Waals surface area (Å²) in [5.41, 5.74) is 18.3. The number of hydrogen-bond acceptors (Lipinski definition) is 6. The Hall–Kier alpha value is -3.26. The predicted octanol–water partition coefficient (Wildman–Crippen LogP) is 4.57. The van der Waals surface area contributed by atoms with Crippen molar-refractivity contribution >= 4 is 11.7 Å². The van der Waals surface area contributed by atoms with Gasteiger partial charge < -0.3 is 21.1 Å². The maximum atomic E-state index is 13.3. The summed E-state index contributed by atoms with van der Waals surface area (Å²) in [6, 6.07) is 21.5. The van der Waals surface area contributed by atoms with Crippen LogP contribution in [0.3, 0.4) is 0 Å². The normalized spacial score (nSPS) is 20.1. The third kappa shape index (κ3) is 6.67. The number of methoxy groups -OCH3 is 1. The molecule has 0 spiro atoms. The summed E-state index contributed by atoms with van der Waals surface area (Å²) >= 11 is 0. The van der Waals surface area contributed by atoms with Gasteiger partial charge in [0.2, 0.25) is 5.91 Å². The maximum Gasteiger partial charge on any atom is 0.224 e. The number of hydrogen-bond donors (Lipinski definition) is 2. The summed E-state index contributed by atoms with van der Waals surface area (Å²) in [4.78, 5) is 22.2. The summed E-state index contributed by atoms with van der Waals surface area (Å²) < 4.78 is 5.34. The van der Waals surface area contributed by atoms with Crippen molar-refractivity contribution in [1.82, 2.24) is 14.8 Å². The number of benzene rings is 2. The number of anilines is 1. The molecular weight excluding hydrogens is 486 g/mol. The van der Waals surface area contributed by atoms with Crippen molar-refractivity contribution in [2.45, 2.75) is 63.2 Å². The Balaban J connectivity index is 1.16. The van der Waals surface area contributed by atoms with E-state index in [0.29, 0.717) is 30.7 Å². The summed E-state index contributed by atoms with van der Waals surface area (Å²) in [7, 11) is 1.77.